The second-order valence-electron chi connectivity index (χ2n) is 3.30. The first-order valence-corrected chi connectivity index (χ1v) is 6.09. The molecule has 0 aliphatic carbocycles. The van der Waals surface area contributed by atoms with Gasteiger partial charge in [0.2, 0.25) is 5.03 Å². The largest absolute Gasteiger partial charge is 0.282 e. The van der Waals surface area contributed by atoms with Crippen LogP contribution in [-0.2, 0) is 17.1 Å². The number of aromatic nitrogens is 3. The molecule has 17 heavy (non-hydrogen) atoms. The standard InChI is InChI=1S/C9H9FN4O2S/c1-14-6-7(5-12-14)13-17(15,16)9-8(10)3-2-4-11-9/h2-6,13H,1H3. The number of pyridine rings is 1. The van der Waals surface area contributed by atoms with Gasteiger partial charge in [-0.1, -0.05) is 0 Å². The van der Waals surface area contributed by atoms with E-state index in [9.17, 15) is 12.8 Å². The number of rotatable bonds is 3. The first-order chi connectivity index (χ1) is 7.99. The molecule has 0 saturated heterocycles. The summed E-state index contributed by atoms with van der Waals surface area (Å²) in [6.45, 7) is 0. The van der Waals surface area contributed by atoms with E-state index in [1.165, 1.54) is 29.3 Å². The fourth-order valence-electron chi connectivity index (χ4n) is 1.25. The number of hydrogen-bond donors (Lipinski definition) is 1. The van der Waals surface area contributed by atoms with E-state index in [-0.39, 0.29) is 5.69 Å². The Kier molecular flexibility index (Phi) is 2.80. The van der Waals surface area contributed by atoms with Gasteiger partial charge in [0.25, 0.3) is 10.0 Å². The normalized spacial score (nSPS) is 11.4. The van der Waals surface area contributed by atoms with Crippen molar-refractivity contribution in [3.05, 3.63) is 36.5 Å². The van der Waals surface area contributed by atoms with Gasteiger partial charge < -0.3 is 0 Å². The van der Waals surface area contributed by atoms with Crippen molar-refractivity contribution in [3.8, 4) is 0 Å². The third kappa shape index (κ3) is 2.41. The molecule has 2 heterocycles. The Morgan fingerprint density at radius 3 is 2.82 bits per heavy atom. The molecule has 90 valence electrons. The van der Waals surface area contributed by atoms with Gasteiger partial charge in [0.15, 0.2) is 5.82 Å². The van der Waals surface area contributed by atoms with Crippen LogP contribution >= 0.6 is 0 Å². The smallest absolute Gasteiger partial charge is 0.275 e. The molecule has 2 aromatic rings. The monoisotopic (exact) mass is 256 g/mol. The summed E-state index contributed by atoms with van der Waals surface area (Å²) < 4.78 is 40.5. The van der Waals surface area contributed by atoms with Crippen molar-refractivity contribution in [2.24, 2.45) is 7.05 Å². The van der Waals surface area contributed by atoms with Crippen LogP contribution in [-0.4, -0.2) is 23.2 Å². The summed E-state index contributed by atoms with van der Waals surface area (Å²) in [7, 11) is -2.38. The van der Waals surface area contributed by atoms with Gasteiger partial charge in [0.05, 0.1) is 11.9 Å². The number of nitrogens with one attached hydrogen (secondary N) is 1. The Labute approximate surface area is 97.2 Å². The summed E-state index contributed by atoms with van der Waals surface area (Å²) in [5, 5.41) is 3.16. The highest BCUT2D eigenvalue weighted by Crippen LogP contribution is 2.15. The third-order valence-electron chi connectivity index (χ3n) is 1.94. The maximum Gasteiger partial charge on any atom is 0.282 e. The summed E-state index contributed by atoms with van der Waals surface area (Å²) in [4.78, 5) is 3.50. The lowest BCUT2D eigenvalue weighted by Gasteiger charge is -2.05. The van der Waals surface area contributed by atoms with Crippen molar-refractivity contribution in [2.45, 2.75) is 5.03 Å². The van der Waals surface area contributed by atoms with Crippen LogP contribution in [0.15, 0.2) is 35.7 Å². The molecule has 2 rings (SSSR count). The number of aryl methyl sites for hydroxylation is 1. The Balaban J connectivity index is 2.35. The minimum atomic E-state index is -4.02. The topological polar surface area (TPSA) is 76.9 Å². The van der Waals surface area contributed by atoms with E-state index in [1.807, 2.05) is 0 Å². The van der Waals surface area contributed by atoms with Gasteiger partial charge in [-0.3, -0.25) is 9.40 Å². The number of anilines is 1. The minimum Gasteiger partial charge on any atom is -0.275 e. The molecule has 0 amide bonds. The SMILES string of the molecule is Cn1cc(NS(=O)(=O)c2ncccc2F)cn1. The molecule has 8 heteroatoms. The molecule has 0 bridgehead atoms. The predicted octanol–water partition coefficient (Wildman–Crippen LogP) is 0.755. The van der Waals surface area contributed by atoms with Crippen LogP contribution in [0.5, 0.6) is 0 Å². The lowest BCUT2D eigenvalue weighted by Crippen LogP contribution is -2.15. The van der Waals surface area contributed by atoms with Crippen LogP contribution in [0, 0.1) is 5.82 Å². The van der Waals surface area contributed by atoms with E-state index in [2.05, 4.69) is 14.8 Å². The van der Waals surface area contributed by atoms with Gasteiger partial charge in [0.1, 0.15) is 0 Å². The molecule has 1 N–H and O–H groups in total. The fraction of sp³-hybridized carbons (Fsp3) is 0.111. The second kappa shape index (κ2) is 4.13. The summed E-state index contributed by atoms with van der Waals surface area (Å²) in [6, 6.07) is 2.35. The summed E-state index contributed by atoms with van der Waals surface area (Å²) in [5.41, 5.74) is 0.248. The molecule has 0 radical (unpaired) electrons. The molecule has 0 aromatic carbocycles. The lowest BCUT2D eigenvalue weighted by molar-refractivity contribution is 0.557. The van der Waals surface area contributed by atoms with Crippen molar-refractivity contribution in [2.75, 3.05) is 4.72 Å². The van der Waals surface area contributed by atoms with Gasteiger partial charge in [-0.2, -0.15) is 13.5 Å². The van der Waals surface area contributed by atoms with Crippen molar-refractivity contribution in [1.82, 2.24) is 14.8 Å². The van der Waals surface area contributed by atoms with E-state index in [0.717, 1.165) is 6.07 Å². The second-order valence-corrected chi connectivity index (χ2v) is 4.90. The molecule has 0 saturated carbocycles. The van der Waals surface area contributed by atoms with Crippen LogP contribution < -0.4 is 4.72 Å². The Bertz CT molecular complexity index is 638. The molecule has 2 aromatic heterocycles. The molecule has 0 aliphatic heterocycles. The van der Waals surface area contributed by atoms with Gasteiger partial charge in [-0.15, -0.1) is 0 Å². The van der Waals surface area contributed by atoms with Crippen LogP contribution in [0.2, 0.25) is 0 Å². The van der Waals surface area contributed by atoms with Crippen LogP contribution in [0.4, 0.5) is 10.1 Å². The number of sulfonamides is 1. The first-order valence-electron chi connectivity index (χ1n) is 4.61. The fourth-order valence-corrected chi connectivity index (χ4v) is 2.28. The molecule has 0 unspecified atom stereocenters. The predicted molar refractivity (Wildman–Crippen MR) is 58.2 cm³/mol. The third-order valence-corrected chi connectivity index (χ3v) is 3.25. The molecule has 0 fully saturated rings. The highest BCUT2D eigenvalue weighted by molar-refractivity contribution is 7.92. The maximum absolute atomic E-state index is 13.3. The summed E-state index contributed by atoms with van der Waals surface area (Å²) in [6.07, 6.45) is 3.98. The minimum absolute atomic E-state index is 0.248. The van der Waals surface area contributed by atoms with E-state index >= 15 is 0 Å². The van der Waals surface area contributed by atoms with E-state index in [0.29, 0.717) is 0 Å². The van der Waals surface area contributed by atoms with Crippen molar-refractivity contribution in [3.63, 3.8) is 0 Å². The zero-order valence-corrected chi connectivity index (χ0v) is 9.65. The van der Waals surface area contributed by atoms with Gasteiger partial charge >= 0.3 is 0 Å². The number of nitrogens with zero attached hydrogens (tertiary/aromatic N) is 3. The average Bonchev–Trinajstić information content (AvgIpc) is 2.63. The van der Waals surface area contributed by atoms with Crippen molar-refractivity contribution < 1.29 is 12.8 Å². The van der Waals surface area contributed by atoms with Gasteiger partial charge in [-0.05, 0) is 12.1 Å². The van der Waals surface area contributed by atoms with E-state index in [4.69, 9.17) is 0 Å². The summed E-state index contributed by atoms with van der Waals surface area (Å²) in [5.74, 6) is -0.899. The zero-order valence-electron chi connectivity index (χ0n) is 8.83. The molecule has 0 aliphatic rings. The molecular formula is C9H9FN4O2S. The van der Waals surface area contributed by atoms with Crippen molar-refractivity contribution in [1.29, 1.82) is 0 Å². The van der Waals surface area contributed by atoms with Gasteiger partial charge in [-0.25, -0.2) is 9.37 Å². The lowest BCUT2D eigenvalue weighted by atomic mass is 10.5. The van der Waals surface area contributed by atoms with Crippen LogP contribution in [0.1, 0.15) is 0 Å². The van der Waals surface area contributed by atoms with Crippen molar-refractivity contribution >= 4 is 15.7 Å². The van der Waals surface area contributed by atoms with Crippen LogP contribution in [0.3, 0.4) is 0 Å². The summed E-state index contributed by atoms with van der Waals surface area (Å²) >= 11 is 0. The van der Waals surface area contributed by atoms with Crippen LogP contribution in [0.25, 0.3) is 0 Å². The average molecular weight is 256 g/mol. The molecule has 0 spiro atoms. The highest BCUT2D eigenvalue weighted by Gasteiger charge is 2.20. The molecule has 6 nitrogen and oxygen atoms in total. The Morgan fingerprint density at radius 2 is 2.24 bits per heavy atom. The van der Waals surface area contributed by atoms with E-state index < -0.39 is 20.9 Å². The Hall–Kier alpha value is -1.96. The maximum atomic E-state index is 13.3. The van der Waals surface area contributed by atoms with E-state index in [1.54, 1.807) is 7.05 Å². The quantitative estimate of drug-likeness (QED) is 0.879. The zero-order chi connectivity index (χ0) is 12.5. The molecular weight excluding hydrogens is 247 g/mol. The highest BCUT2D eigenvalue weighted by atomic mass is 32.2. The van der Waals surface area contributed by atoms with Gasteiger partial charge in [0, 0.05) is 19.4 Å². The number of halogens is 1. The first kappa shape index (κ1) is 11.5. The Morgan fingerprint density at radius 1 is 1.47 bits per heavy atom. The molecule has 0 atom stereocenters. The number of hydrogen-bond acceptors (Lipinski definition) is 4.